The number of ketones is 3. The molecule has 4 aromatic rings. The highest BCUT2D eigenvalue weighted by atomic mass is 32.2. The van der Waals surface area contributed by atoms with Gasteiger partial charge in [-0.15, -0.1) is 0 Å². The monoisotopic (exact) mass is 1050 g/mol. The second-order valence-corrected chi connectivity index (χ2v) is 26.0. The number of hydrogen-bond acceptors (Lipinski definition) is 12. The molecule has 0 unspecified atom stereocenters. The van der Waals surface area contributed by atoms with Gasteiger partial charge in [-0.2, -0.15) is 0 Å². The lowest BCUT2D eigenvalue weighted by molar-refractivity contribution is -0.162. The van der Waals surface area contributed by atoms with E-state index >= 15 is 0 Å². The molecule has 0 saturated heterocycles. The van der Waals surface area contributed by atoms with Gasteiger partial charge in [-0.05, 0) is 194 Å². The molecule has 0 bridgehead atoms. The molecule has 0 heterocycles. The molecule has 0 amide bonds. The van der Waals surface area contributed by atoms with Crippen molar-refractivity contribution in [2.45, 2.75) is 153 Å². The fourth-order valence-electron chi connectivity index (χ4n) is 7.55. The summed E-state index contributed by atoms with van der Waals surface area (Å²) in [6.07, 6.45) is 4.85. The molecule has 0 fully saturated rings. The summed E-state index contributed by atoms with van der Waals surface area (Å²) >= 11 is 2.99. The molecule has 400 valence electrons. The number of carbonyl (C=O) groups excluding carboxylic acids is 6. The van der Waals surface area contributed by atoms with E-state index in [1.54, 1.807) is 52.8 Å². The smallest absolute Gasteiger partial charge is 0.311 e. The summed E-state index contributed by atoms with van der Waals surface area (Å²) in [7, 11) is 0. The van der Waals surface area contributed by atoms with Crippen LogP contribution in [0.4, 0.5) is 0 Å². The summed E-state index contributed by atoms with van der Waals surface area (Å²) in [5.41, 5.74) is -3.88. The summed E-state index contributed by atoms with van der Waals surface area (Å²) in [6.45, 7) is 37.3. The first-order valence-corrected chi connectivity index (χ1v) is 27.2. The van der Waals surface area contributed by atoms with Crippen LogP contribution in [0.25, 0.3) is 21.5 Å². The lowest BCUT2D eigenvalue weighted by Crippen LogP contribution is -2.38. The number of nitrogens with zero attached hydrogens (tertiary/aromatic N) is 1. The van der Waals surface area contributed by atoms with E-state index in [9.17, 15) is 28.8 Å². The van der Waals surface area contributed by atoms with Crippen molar-refractivity contribution in [1.29, 1.82) is 0 Å². The summed E-state index contributed by atoms with van der Waals surface area (Å²) in [4.78, 5) is 78.9. The fourth-order valence-corrected chi connectivity index (χ4v) is 9.97. The van der Waals surface area contributed by atoms with Crippen molar-refractivity contribution in [3.05, 3.63) is 119 Å². The van der Waals surface area contributed by atoms with Gasteiger partial charge in [0.1, 0.15) is 18.3 Å². The third-order valence-electron chi connectivity index (χ3n) is 13.2. The van der Waals surface area contributed by atoms with Gasteiger partial charge in [0.05, 0.1) is 32.5 Å². The molecule has 4 aromatic carbocycles. The minimum absolute atomic E-state index is 0.00695. The highest BCUT2D eigenvalue weighted by Crippen LogP contribution is 2.47. The Kier molecular flexibility index (Phi) is 20.3. The van der Waals surface area contributed by atoms with Crippen LogP contribution in [0.15, 0.2) is 129 Å². The Labute approximate surface area is 449 Å². The summed E-state index contributed by atoms with van der Waals surface area (Å²) < 4.78 is 16.9. The van der Waals surface area contributed by atoms with Crippen molar-refractivity contribution in [2.75, 3.05) is 19.6 Å². The van der Waals surface area contributed by atoms with E-state index in [1.165, 1.54) is 60.0 Å². The van der Waals surface area contributed by atoms with Crippen molar-refractivity contribution in [2.24, 2.45) is 32.5 Å². The van der Waals surface area contributed by atoms with E-state index in [2.05, 4.69) is 74.2 Å². The Hall–Kier alpha value is -5.30. The molecule has 7 rings (SSSR count). The average molecular weight is 1050 g/mol. The molecule has 74 heavy (non-hydrogen) atoms. The molecular formula is C62H81NO9S2. The zero-order chi connectivity index (χ0) is 55.8. The van der Waals surface area contributed by atoms with E-state index in [4.69, 9.17) is 14.2 Å². The van der Waals surface area contributed by atoms with Crippen LogP contribution < -0.4 is 0 Å². The van der Waals surface area contributed by atoms with E-state index in [0.29, 0.717) is 0 Å². The first-order valence-electron chi connectivity index (χ1n) is 25.6. The van der Waals surface area contributed by atoms with Gasteiger partial charge < -0.3 is 19.1 Å². The van der Waals surface area contributed by atoms with Crippen molar-refractivity contribution in [3.63, 3.8) is 0 Å². The normalized spacial score (nSPS) is 19.6. The molecule has 3 aliphatic carbocycles. The summed E-state index contributed by atoms with van der Waals surface area (Å²) in [6, 6.07) is 28.7. The molecule has 0 radical (unpaired) electrons. The quantitative estimate of drug-likeness (QED) is 0.111. The average Bonchev–Trinajstić information content (AvgIpc) is 3.79. The van der Waals surface area contributed by atoms with Gasteiger partial charge in [0.25, 0.3) is 0 Å². The van der Waals surface area contributed by atoms with Crippen LogP contribution in [0.1, 0.15) is 125 Å². The van der Waals surface area contributed by atoms with Crippen LogP contribution >= 0.6 is 23.5 Å². The highest BCUT2D eigenvalue weighted by molar-refractivity contribution is 8.03. The second-order valence-electron chi connectivity index (χ2n) is 23.7. The second kappa shape index (κ2) is 24.6. The Bertz CT molecular complexity index is 2630. The Morgan fingerprint density at radius 2 is 0.824 bits per heavy atom. The molecule has 0 spiro atoms. The molecule has 0 N–H and O–H groups in total. The highest BCUT2D eigenvalue weighted by Gasteiger charge is 2.49. The maximum atomic E-state index is 12.5. The first-order chi connectivity index (χ1) is 34.2. The first kappa shape index (κ1) is 61.2. The van der Waals surface area contributed by atoms with Crippen molar-refractivity contribution in [3.8, 4) is 0 Å². The molecule has 3 aliphatic rings. The van der Waals surface area contributed by atoms with Gasteiger partial charge in [0.2, 0.25) is 0 Å². The topological polar surface area (TPSA) is 133 Å². The lowest BCUT2D eigenvalue weighted by atomic mass is 9.86. The van der Waals surface area contributed by atoms with Crippen LogP contribution in [0.2, 0.25) is 0 Å². The van der Waals surface area contributed by atoms with Crippen molar-refractivity contribution in [1.82, 2.24) is 4.90 Å². The fraction of sp³-hybridized carbons (Fsp3) is 0.484. The van der Waals surface area contributed by atoms with Gasteiger partial charge in [-0.25, -0.2) is 0 Å². The standard InChI is InChI=1S/2C22H24O3S.C12H18O3.C6H15N/c2*1-21(2,3)20(24)25-19-17(13-18(23)22(19,4)5)26-16-11-10-14-8-6-7-9-15(14)12-16;1-11(2,3)10(14)15-9-7-6-8(13)12(9,4)5;1-4-7(5-2)6-3/h2*6-13,19H,1-5H3;6-7,9H,1-5H3;4-6H2,1-3H3/t2*19-;9-;/m000./s1. The molecular weight excluding hydrogens is 967 g/mol. The van der Waals surface area contributed by atoms with Crippen LogP contribution in [0.5, 0.6) is 0 Å². The van der Waals surface area contributed by atoms with Crippen LogP contribution in [-0.2, 0) is 43.0 Å². The lowest BCUT2D eigenvalue weighted by Gasteiger charge is -2.30. The maximum absolute atomic E-state index is 12.5. The minimum atomic E-state index is -0.750. The van der Waals surface area contributed by atoms with E-state index in [0.717, 1.165) is 30.4 Å². The molecule has 3 atom stereocenters. The van der Waals surface area contributed by atoms with Crippen molar-refractivity contribution < 1.29 is 43.0 Å². The van der Waals surface area contributed by atoms with Gasteiger partial charge in [0.15, 0.2) is 17.3 Å². The predicted octanol–water partition coefficient (Wildman–Crippen LogP) is 14.2. The molecule has 0 saturated carbocycles. The molecule has 0 aromatic heterocycles. The summed E-state index contributed by atoms with van der Waals surface area (Å²) in [5.74, 6) is -0.875. The number of rotatable bonds is 10. The Morgan fingerprint density at radius 3 is 1.12 bits per heavy atom. The molecule has 0 aliphatic heterocycles. The van der Waals surface area contributed by atoms with E-state index < -0.39 is 50.8 Å². The number of fused-ring (bicyclic) bond motifs is 2. The number of allylic oxidation sites excluding steroid dienone is 3. The molecule has 12 heteroatoms. The zero-order valence-corrected chi connectivity index (χ0v) is 48.8. The van der Waals surface area contributed by atoms with Crippen LogP contribution in [0.3, 0.4) is 0 Å². The largest absolute Gasteiger partial charge is 0.457 e. The number of thioether (sulfide) groups is 2. The van der Waals surface area contributed by atoms with E-state index in [-0.39, 0.29) is 35.3 Å². The third kappa shape index (κ3) is 15.6. The third-order valence-corrected chi connectivity index (χ3v) is 15.3. The minimum Gasteiger partial charge on any atom is -0.457 e. The zero-order valence-electron chi connectivity index (χ0n) is 47.2. The summed E-state index contributed by atoms with van der Waals surface area (Å²) in [5, 5.41) is 4.63. The number of esters is 3. The predicted molar refractivity (Wildman–Crippen MR) is 303 cm³/mol. The Morgan fingerprint density at radius 1 is 0.486 bits per heavy atom. The van der Waals surface area contributed by atoms with Crippen LogP contribution in [-0.4, -0.2) is 78.1 Å². The maximum Gasteiger partial charge on any atom is 0.311 e. The number of carbonyl (C=O) groups is 6. The molecule has 10 nitrogen and oxygen atoms in total. The number of ether oxygens (including phenoxy) is 3. The SMILES string of the molecule is CC(C)(C)C(=O)O[C@H]1C(Sc2ccc3ccccc3c2)=CC(=O)C1(C)C.CC(C)(C)C(=O)O[C@H]1C(Sc2ccc3ccccc3c2)=CC(=O)C1(C)C.CC(C)(C)C(=O)O[C@H]1C=CC(=O)C1(C)C.CCN(CC)CC. The van der Waals surface area contributed by atoms with Gasteiger partial charge in [-0.1, -0.05) is 105 Å². The van der Waals surface area contributed by atoms with E-state index in [1.807, 2.05) is 106 Å². The number of benzene rings is 4. The van der Waals surface area contributed by atoms with Crippen molar-refractivity contribution >= 4 is 80.3 Å². The van der Waals surface area contributed by atoms with Crippen LogP contribution in [0, 0.1) is 32.5 Å². The van der Waals surface area contributed by atoms with Gasteiger partial charge >= 0.3 is 17.9 Å². The van der Waals surface area contributed by atoms with Gasteiger partial charge in [0, 0.05) is 19.6 Å². The Balaban J connectivity index is 0.000000233. The number of hydrogen-bond donors (Lipinski definition) is 0. The van der Waals surface area contributed by atoms with Gasteiger partial charge in [-0.3, -0.25) is 28.8 Å².